The molecule has 0 aromatic carbocycles. The first-order chi connectivity index (χ1) is 25.7. The van der Waals surface area contributed by atoms with Gasteiger partial charge in [0.2, 0.25) is 0 Å². The van der Waals surface area contributed by atoms with Gasteiger partial charge in [0.1, 0.15) is 12.7 Å². The number of carbonyl (C=O) groups is 2. The van der Waals surface area contributed by atoms with Gasteiger partial charge in [-0.1, -0.05) is 127 Å². The van der Waals surface area contributed by atoms with Crippen LogP contribution in [0.15, 0.2) is 48.6 Å². The molecule has 0 aromatic heterocycles. The van der Waals surface area contributed by atoms with Crippen molar-refractivity contribution in [2.75, 3.05) is 26.4 Å². The maximum absolute atomic E-state index is 12.6. The van der Waals surface area contributed by atoms with E-state index in [1.165, 1.54) is 57.8 Å². The number of ether oxygens (including phenoxy) is 2. The standard InChI is InChI=1S/C42H75O10P/c1-3-5-7-9-11-13-15-17-19-21-23-25-27-29-31-33-41(45)49-37-40(38-51-53(47,48)50-36-39(44)35-43)52-42(46)34-32-30-28-26-24-22-20-18-16-14-12-10-8-6-4-2/h11,13,17-20,23,25,39-40,43-44H,3-10,12,14-16,21-22,24,26-38H2,1-2H3,(H,47,48)/b13-11+,19-17+,20-18+,25-23+/t39-,40+/m0/s1. The Morgan fingerprint density at radius 1 is 0.566 bits per heavy atom. The fourth-order valence-corrected chi connectivity index (χ4v) is 6.02. The summed E-state index contributed by atoms with van der Waals surface area (Å²) < 4.78 is 32.6. The van der Waals surface area contributed by atoms with E-state index in [-0.39, 0.29) is 19.4 Å². The summed E-state index contributed by atoms with van der Waals surface area (Å²) >= 11 is 0. The van der Waals surface area contributed by atoms with Crippen molar-refractivity contribution in [3.05, 3.63) is 48.6 Å². The predicted octanol–water partition coefficient (Wildman–Crippen LogP) is 10.6. The minimum Gasteiger partial charge on any atom is -0.462 e. The predicted molar refractivity (Wildman–Crippen MR) is 214 cm³/mol. The van der Waals surface area contributed by atoms with Gasteiger partial charge in [-0.05, 0) is 77.0 Å². The maximum Gasteiger partial charge on any atom is 0.472 e. The molecule has 0 aromatic rings. The van der Waals surface area contributed by atoms with Crippen LogP contribution < -0.4 is 0 Å². The van der Waals surface area contributed by atoms with Gasteiger partial charge in [0, 0.05) is 12.8 Å². The second-order valence-corrected chi connectivity index (χ2v) is 15.1. The number of allylic oxidation sites excluding steroid dienone is 8. The lowest BCUT2D eigenvalue weighted by molar-refractivity contribution is -0.161. The van der Waals surface area contributed by atoms with Crippen LogP contribution in [0.4, 0.5) is 0 Å². The molecule has 0 saturated carbocycles. The molecule has 0 bridgehead atoms. The van der Waals surface area contributed by atoms with Crippen molar-refractivity contribution in [1.82, 2.24) is 0 Å². The minimum absolute atomic E-state index is 0.165. The van der Waals surface area contributed by atoms with Crippen LogP contribution in [0.1, 0.15) is 168 Å². The van der Waals surface area contributed by atoms with E-state index in [2.05, 4.69) is 67.0 Å². The molecule has 0 amide bonds. The lowest BCUT2D eigenvalue weighted by atomic mass is 10.1. The van der Waals surface area contributed by atoms with Crippen molar-refractivity contribution in [2.24, 2.45) is 0 Å². The Morgan fingerprint density at radius 2 is 0.981 bits per heavy atom. The largest absolute Gasteiger partial charge is 0.472 e. The first-order valence-electron chi connectivity index (χ1n) is 20.6. The molecule has 0 aliphatic carbocycles. The maximum atomic E-state index is 12.6. The molecule has 0 radical (unpaired) electrons. The van der Waals surface area contributed by atoms with Crippen molar-refractivity contribution < 1.29 is 47.8 Å². The highest BCUT2D eigenvalue weighted by molar-refractivity contribution is 7.47. The van der Waals surface area contributed by atoms with Gasteiger partial charge in [-0.2, -0.15) is 0 Å². The van der Waals surface area contributed by atoms with Crippen LogP contribution in [0.2, 0.25) is 0 Å². The highest BCUT2D eigenvalue weighted by Gasteiger charge is 2.27. The highest BCUT2D eigenvalue weighted by Crippen LogP contribution is 2.43. The molecule has 3 N–H and O–H groups in total. The summed E-state index contributed by atoms with van der Waals surface area (Å²) in [5.74, 6) is -0.982. The quantitative estimate of drug-likeness (QED) is 0.0240. The topological polar surface area (TPSA) is 149 Å². The number of phosphoric acid groups is 1. The number of esters is 2. The van der Waals surface area contributed by atoms with Crippen molar-refractivity contribution in [2.45, 2.75) is 180 Å². The molecule has 0 aliphatic heterocycles. The zero-order valence-corrected chi connectivity index (χ0v) is 34.1. The van der Waals surface area contributed by atoms with Gasteiger partial charge >= 0.3 is 19.8 Å². The Balaban J connectivity index is 4.42. The Hall–Kier alpha value is -2.07. The van der Waals surface area contributed by atoms with E-state index in [1.54, 1.807) is 0 Å². The number of hydrogen-bond donors (Lipinski definition) is 3. The van der Waals surface area contributed by atoms with Crippen molar-refractivity contribution >= 4 is 19.8 Å². The van der Waals surface area contributed by atoms with E-state index < -0.39 is 51.8 Å². The molecule has 3 atom stereocenters. The third kappa shape index (κ3) is 38.0. The molecule has 0 heterocycles. The van der Waals surface area contributed by atoms with E-state index in [4.69, 9.17) is 19.1 Å². The first-order valence-corrected chi connectivity index (χ1v) is 22.1. The number of unbranched alkanes of at least 4 members (excludes halogenated alkanes) is 16. The van der Waals surface area contributed by atoms with Crippen LogP contribution in [-0.4, -0.2) is 65.7 Å². The molecule has 308 valence electrons. The molecule has 11 heteroatoms. The number of carbonyl (C=O) groups excluding carboxylic acids is 2. The summed E-state index contributed by atoms with van der Waals surface area (Å²) in [6, 6.07) is 0. The summed E-state index contributed by atoms with van der Waals surface area (Å²) in [7, 11) is -4.63. The average Bonchev–Trinajstić information content (AvgIpc) is 3.14. The molecule has 0 rings (SSSR count). The van der Waals surface area contributed by atoms with Crippen LogP contribution in [-0.2, 0) is 32.7 Å². The van der Waals surface area contributed by atoms with E-state index in [0.29, 0.717) is 12.8 Å². The van der Waals surface area contributed by atoms with E-state index in [0.717, 1.165) is 70.6 Å². The van der Waals surface area contributed by atoms with Crippen LogP contribution in [0.5, 0.6) is 0 Å². The summed E-state index contributed by atoms with van der Waals surface area (Å²) in [4.78, 5) is 34.9. The molecule has 0 spiro atoms. The minimum atomic E-state index is -4.63. The fourth-order valence-electron chi connectivity index (χ4n) is 5.23. The highest BCUT2D eigenvalue weighted by atomic mass is 31.2. The number of phosphoric ester groups is 1. The van der Waals surface area contributed by atoms with Crippen molar-refractivity contribution in [1.29, 1.82) is 0 Å². The van der Waals surface area contributed by atoms with Crippen LogP contribution in [0.3, 0.4) is 0 Å². The molecule has 1 unspecified atom stereocenters. The van der Waals surface area contributed by atoms with Crippen LogP contribution in [0.25, 0.3) is 0 Å². The second-order valence-electron chi connectivity index (χ2n) is 13.7. The summed E-state index contributed by atoms with van der Waals surface area (Å²) in [6.07, 6.45) is 39.3. The van der Waals surface area contributed by atoms with Gasteiger partial charge in [0.25, 0.3) is 0 Å². The summed E-state index contributed by atoms with van der Waals surface area (Å²) in [6.45, 7) is 2.28. The first kappa shape index (κ1) is 50.9. The van der Waals surface area contributed by atoms with Crippen LogP contribution >= 0.6 is 7.82 Å². The zero-order chi connectivity index (χ0) is 39.1. The van der Waals surface area contributed by atoms with Gasteiger partial charge in [-0.15, -0.1) is 0 Å². The normalized spacial score (nSPS) is 14.4. The molecular weight excluding hydrogens is 695 g/mol. The molecular formula is C42H75O10P. The van der Waals surface area contributed by atoms with Gasteiger partial charge in [-0.25, -0.2) is 4.57 Å². The summed E-state index contributed by atoms with van der Waals surface area (Å²) in [5.41, 5.74) is 0. The molecule has 0 fully saturated rings. The van der Waals surface area contributed by atoms with E-state index >= 15 is 0 Å². The van der Waals surface area contributed by atoms with E-state index in [9.17, 15) is 24.2 Å². The summed E-state index contributed by atoms with van der Waals surface area (Å²) in [5, 5.41) is 18.3. The number of aliphatic hydroxyl groups excluding tert-OH is 2. The zero-order valence-electron chi connectivity index (χ0n) is 33.2. The third-order valence-electron chi connectivity index (χ3n) is 8.46. The fraction of sp³-hybridized carbons (Fsp3) is 0.762. The Kier molecular flexibility index (Phi) is 36.7. The van der Waals surface area contributed by atoms with Gasteiger partial charge < -0.3 is 24.6 Å². The molecule has 53 heavy (non-hydrogen) atoms. The van der Waals surface area contributed by atoms with Crippen molar-refractivity contribution in [3.8, 4) is 0 Å². The van der Waals surface area contributed by atoms with Gasteiger partial charge in [0.15, 0.2) is 6.10 Å². The lowest BCUT2D eigenvalue weighted by Crippen LogP contribution is -2.29. The smallest absolute Gasteiger partial charge is 0.462 e. The van der Waals surface area contributed by atoms with Gasteiger partial charge in [-0.3, -0.25) is 18.6 Å². The Labute approximate surface area is 322 Å². The Morgan fingerprint density at radius 3 is 1.57 bits per heavy atom. The molecule has 0 aliphatic rings. The lowest BCUT2D eigenvalue weighted by Gasteiger charge is -2.20. The van der Waals surface area contributed by atoms with Gasteiger partial charge in [0.05, 0.1) is 19.8 Å². The molecule has 10 nitrogen and oxygen atoms in total. The third-order valence-corrected chi connectivity index (χ3v) is 9.41. The Bertz CT molecular complexity index is 1030. The number of aliphatic hydroxyl groups is 2. The van der Waals surface area contributed by atoms with Crippen LogP contribution in [0, 0.1) is 0 Å². The SMILES string of the molecule is CCCCC/C=C/C/C=C/C/C=C/CCCCC(=O)OC[C@H](COP(=O)(O)OC[C@@H](O)CO)OC(=O)CCCCCCC/C=C/CCCCCCCC. The number of rotatable bonds is 38. The second kappa shape index (κ2) is 38.2. The average molecular weight is 771 g/mol. The molecule has 0 saturated heterocycles. The number of hydrogen-bond acceptors (Lipinski definition) is 9. The van der Waals surface area contributed by atoms with E-state index in [1.807, 2.05) is 0 Å². The monoisotopic (exact) mass is 771 g/mol. The van der Waals surface area contributed by atoms with Crippen molar-refractivity contribution in [3.63, 3.8) is 0 Å².